The highest BCUT2D eigenvalue weighted by atomic mass is 79.9. The number of hydrogen-bond acceptors (Lipinski definition) is 1. The molecule has 0 bridgehead atoms. The van der Waals surface area contributed by atoms with Crippen molar-refractivity contribution < 1.29 is 0 Å². The molecule has 0 amide bonds. The van der Waals surface area contributed by atoms with E-state index in [9.17, 15) is 0 Å². The van der Waals surface area contributed by atoms with E-state index in [2.05, 4.69) is 54.0 Å². The SMILES string of the molecule is CC(C)c1ccc(CC(N)c2cc(Cl)ccc2Br)cc1. The highest BCUT2D eigenvalue weighted by Crippen LogP contribution is 2.28. The third-order valence-corrected chi connectivity index (χ3v) is 4.42. The Morgan fingerprint density at radius 3 is 2.35 bits per heavy atom. The molecule has 1 atom stereocenters. The van der Waals surface area contributed by atoms with Crippen LogP contribution in [-0.2, 0) is 6.42 Å². The maximum Gasteiger partial charge on any atom is 0.0410 e. The van der Waals surface area contributed by atoms with E-state index < -0.39 is 0 Å². The first-order chi connectivity index (χ1) is 9.47. The summed E-state index contributed by atoms with van der Waals surface area (Å²) in [6.45, 7) is 4.40. The Morgan fingerprint density at radius 1 is 1.10 bits per heavy atom. The zero-order chi connectivity index (χ0) is 14.7. The molecule has 0 saturated heterocycles. The van der Waals surface area contributed by atoms with Crippen LogP contribution in [0.15, 0.2) is 46.9 Å². The summed E-state index contributed by atoms with van der Waals surface area (Å²) in [5.41, 5.74) is 9.95. The summed E-state index contributed by atoms with van der Waals surface area (Å²) < 4.78 is 1.01. The van der Waals surface area contributed by atoms with Gasteiger partial charge in [-0.2, -0.15) is 0 Å². The lowest BCUT2D eigenvalue weighted by Gasteiger charge is -2.15. The van der Waals surface area contributed by atoms with Gasteiger partial charge in [-0.3, -0.25) is 0 Å². The van der Waals surface area contributed by atoms with Crippen LogP contribution in [0.25, 0.3) is 0 Å². The van der Waals surface area contributed by atoms with Crippen molar-refractivity contribution in [3.8, 4) is 0 Å². The normalized spacial score (nSPS) is 12.7. The van der Waals surface area contributed by atoms with Crippen molar-refractivity contribution in [2.75, 3.05) is 0 Å². The number of rotatable bonds is 4. The molecule has 106 valence electrons. The van der Waals surface area contributed by atoms with Gasteiger partial charge in [-0.15, -0.1) is 0 Å². The Hall–Kier alpha value is -0.830. The molecule has 0 aliphatic heterocycles. The van der Waals surface area contributed by atoms with Crippen LogP contribution >= 0.6 is 27.5 Å². The summed E-state index contributed by atoms with van der Waals surface area (Å²) in [5, 5.41) is 0.716. The Labute approximate surface area is 134 Å². The topological polar surface area (TPSA) is 26.0 Å². The van der Waals surface area contributed by atoms with Gasteiger partial charge < -0.3 is 5.73 Å². The van der Waals surface area contributed by atoms with Gasteiger partial charge in [-0.25, -0.2) is 0 Å². The first kappa shape index (κ1) is 15.6. The van der Waals surface area contributed by atoms with E-state index in [1.165, 1.54) is 11.1 Å². The maximum atomic E-state index is 6.31. The molecular formula is C17H19BrClN. The molecule has 0 aromatic heterocycles. The Bertz CT molecular complexity index is 578. The summed E-state index contributed by atoms with van der Waals surface area (Å²) in [6, 6.07) is 14.4. The van der Waals surface area contributed by atoms with Crippen LogP contribution in [0.4, 0.5) is 0 Å². The van der Waals surface area contributed by atoms with Crippen LogP contribution in [0.2, 0.25) is 5.02 Å². The van der Waals surface area contributed by atoms with Crippen molar-refractivity contribution in [1.82, 2.24) is 0 Å². The summed E-state index contributed by atoms with van der Waals surface area (Å²) >= 11 is 9.58. The van der Waals surface area contributed by atoms with Crippen LogP contribution in [0, 0.1) is 0 Å². The van der Waals surface area contributed by atoms with E-state index in [1.807, 2.05) is 18.2 Å². The second-order valence-corrected chi connectivity index (χ2v) is 6.66. The van der Waals surface area contributed by atoms with Crippen LogP contribution in [0.3, 0.4) is 0 Å². The Balaban J connectivity index is 2.14. The number of hydrogen-bond donors (Lipinski definition) is 1. The van der Waals surface area contributed by atoms with Gasteiger partial charge in [0.2, 0.25) is 0 Å². The average molecular weight is 353 g/mol. The van der Waals surface area contributed by atoms with Gasteiger partial charge in [0.1, 0.15) is 0 Å². The third-order valence-electron chi connectivity index (χ3n) is 3.46. The Kier molecular flexibility index (Phi) is 5.25. The van der Waals surface area contributed by atoms with E-state index >= 15 is 0 Å². The van der Waals surface area contributed by atoms with Gasteiger partial charge >= 0.3 is 0 Å². The number of benzene rings is 2. The zero-order valence-electron chi connectivity index (χ0n) is 11.7. The minimum atomic E-state index is -0.0621. The minimum Gasteiger partial charge on any atom is -0.324 e. The molecule has 0 radical (unpaired) electrons. The van der Waals surface area contributed by atoms with Crippen molar-refractivity contribution >= 4 is 27.5 Å². The minimum absolute atomic E-state index is 0.0621. The van der Waals surface area contributed by atoms with E-state index in [0.717, 1.165) is 16.5 Å². The summed E-state index contributed by atoms with van der Waals surface area (Å²) in [6.07, 6.45) is 0.803. The largest absolute Gasteiger partial charge is 0.324 e. The predicted octanol–water partition coefficient (Wildman–Crippen LogP) is 5.47. The average Bonchev–Trinajstić information content (AvgIpc) is 2.42. The molecular weight excluding hydrogens is 334 g/mol. The van der Waals surface area contributed by atoms with Gasteiger partial charge in [-0.05, 0) is 47.2 Å². The van der Waals surface area contributed by atoms with Crippen molar-refractivity contribution in [2.45, 2.75) is 32.2 Å². The number of halogens is 2. The summed E-state index contributed by atoms with van der Waals surface area (Å²) in [4.78, 5) is 0. The fourth-order valence-electron chi connectivity index (χ4n) is 2.20. The van der Waals surface area contributed by atoms with Gasteiger partial charge in [0, 0.05) is 15.5 Å². The molecule has 0 aliphatic carbocycles. The summed E-state index contributed by atoms with van der Waals surface area (Å²) in [7, 11) is 0. The van der Waals surface area contributed by atoms with Gasteiger partial charge in [0.15, 0.2) is 0 Å². The molecule has 1 nitrogen and oxygen atoms in total. The first-order valence-corrected chi connectivity index (χ1v) is 7.94. The van der Waals surface area contributed by atoms with Crippen LogP contribution in [0.1, 0.15) is 42.5 Å². The molecule has 1 unspecified atom stereocenters. The van der Waals surface area contributed by atoms with Gasteiger partial charge in [0.25, 0.3) is 0 Å². The molecule has 0 saturated carbocycles. The van der Waals surface area contributed by atoms with E-state index in [4.69, 9.17) is 17.3 Å². The molecule has 20 heavy (non-hydrogen) atoms. The fraction of sp³-hybridized carbons (Fsp3) is 0.294. The van der Waals surface area contributed by atoms with E-state index in [0.29, 0.717) is 10.9 Å². The molecule has 0 fully saturated rings. The van der Waals surface area contributed by atoms with Crippen LogP contribution in [0.5, 0.6) is 0 Å². The molecule has 2 aromatic rings. The molecule has 2 aromatic carbocycles. The van der Waals surface area contributed by atoms with Crippen molar-refractivity contribution in [3.05, 3.63) is 68.7 Å². The molecule has 0 heterocycles. The number of nitrogens with two attached hydrogens (primary N) is 1. The zero-order valence-corrected chi connectivity index (χ0v) is 14.1. The lowest BCUT2D eigenvalue weighted by Crippen LogP contribution is -2.14. The predicted molar refractivity (Wildman–Crippen MR) is 90.3 cm³/mol. The molecule has 2 N–H and O–H groups in total. The van der Waals surface area contributed by atoms with E-state index in [-0.39, 0.29) is 6.04 Å². The van der Waals surface area contributed by atoms with Crippen LogP contribution in [-0.4, -0.2) is 0 Å². The monoisotopic (exact) mass is 351 g/mol. The maximum absolute atomic E-state index is 6.31. The van der Waals surface area contributed by atoms with E-state index in [1.54, 1.807) is 0 Å². The molecule has 2 rings (SSSR count). The van der Waals surface area contributed by atoms with Crippen molar-refractivity contribution in [1.29, 1.82) is 0 Å². The Morgan fingerprint density at radius 2 is 1.75 bits per heavy atom. The highest BCUT2D eigenvalue weighted by Gasteiger charge is 2.11. The van der Waals surface area contributed by atoms with Crippen molar-refractivity contribution in [2.24, 2.45) is 5.73 Å². The second kappa shape index (κ2) is 6.75. The summed E-state index contributed by atoms with van der Waals surface area (Å²) in [5.74, 6) is 0.555. The lowest BCUT2D eigenvalue weighted by molar-refractivity contribution is 0.717. The third kappa shape index (κ3) is 3.85. The van der Waals surface area contributed by atoms with Gasteiger partial charge in [-0.1, -0.05) is 65.6 Å². The fourth-order valence-corrected chi connectivity index (χ4v) is 2.92. The molecule has 0 spiro atoms. The second-order valence-electron chi connectivity index (χ2n) is 5.37. The first-order valence-electron chi connectivity index (χ1n) is 6.76. The quantitative estimate of drug-likeness (QED) is 0.776. The standard InChI is InChI=1S/C17H19BrClN/c1-11(2)13-5-3-12(4-6-13)9-17(20)15-10-14(19)7-8-16(15)18/h3-8,10-11,17H,9,20H2,1-2H3. The van der Waals surface area contributed by atoms with Crippen LogP contribution < -0.4 is 5.73 Å². The smallest absolute Gasteiger partial charge is 0.0410 e. The molecule has 0 aliphatic rings. The lowest BCUT2D eigenvalue weighted by atomic mass is 9.96. The highest BCUT2D eigenvalue weighted by molar-refractivity contribution is 9.10. The molecule has 3 heteroatoms. The van der Waals surface area contributed by atoms with Gasteiger partial charge in [0.05, 0.1) is 0 Å². The van der Waals surface area contributed by atoms with Crippen molar-refractivity contribution in [3.63, 3.8) is 0 Å².